The van der Waals surface area contributed by atoms with Crippen LogP contribution in [0.25, 0.3) is 0 Å². The van der Waals surface area contributed by atoms with Crippen molar-refractivity contribution in [3.63, 3.8) is 0 Å². The van der Waals surface area contributed by atoms with E-state index in [4.69, 9.17) is 0 Å². The lowest BCUT2D eigenvalue weighted by atomic mass is 9.94. The van der Waals surface area contributed by atoms with E-state index in [1.807, 2.05) is 0 Å². The maximum Gasteiger partial charge on any atom is 0.215 e. The number of hydrogen-bond acceptors (Lipinski definition) is 3. The van der Waals surface area contributed by atoms with Crippen molar-refractivity contribution in [3.8, 4) is 0 Å². The van der Waals surface area contributed by atoms with Crippen molar-refractivity contribution < 1.29 is 8.42 Å². The zero-order valence-corrected chi connectivity index (χ0v) is 9.15. The molecule has 4 nitrogen and oxygen atoms in total. The molecule has 5 heteroatoms. The molecule has 1 aliphatic heterocycles. The van der Waals surface area contributed by atoms with Crippen LogP contribution in [0.5, 0.6) is 0 Å². The molecule has 1 unspecified atom stereocenters. The Morgan fingerprint density at radius 1 is 1.14 bits per heavy atom. The molecule has 1 atom stereocenters. The monoisotopic (exact) mass is 218 g/mol. The molecule has 1 saturated heterocycles. The second-order valence-electron chi connectivity index (χ2n) is 4.26. The average Bonchev–Trinajstić information content (AvgIpc) is 2.13. The lowest BCUT2D eigenvalue weighted by Gasteiger charge is -2.30. The fourth-order valence-electron chi connectivity index (χ4n) is 1.94. The Morgan fingerprint density at radius 3 is 2.43 bits per heavy atom. The summed E-state index contributed by atoms with van der Waals surface area (Å²) in [7, 11) is -3.06. The van der Waals surface area contributed by atoms with Gasteiger partial charge in [-0.3, -0.25) is 0 Å². The van der Waals surface area contributed by atoms with Gasteiger partial charge in [0.1, 0.15) is 0 Å². The molecule has 2 aliphatic rings. The summed E-state index contributed by atoms with van der Waals surface area (Å²) in [6.07, 6.45) is 4.96. The Labute approximate surface area is 85.5 Å². The second kappa shape index (κ2) is 4.16. The van der Waals surface area contributed by atoms with Gasteiger partial charge in [0, 0.05) is 12.6 Å². The maximum absolute atomic E-state index is 11.8. The van der Waals surface area contributed by atoms with Gasteiger partial charge in [0.25, 0.3) is 0 Å². The Balaban J connectivity index is 1.91. The Hall–Kier alpha value is -0.130. The van der Waals surface area contributed by atoms with Crippen molar-refractivity contribution >= 4 is 10.0 Å². The second-order valence-corrected chi connectivity index (χ2v) is 6.25. The van der Waals surface area contributed by atoms with Gasteiger partial charge in [0.2, 0.25) is 10.0 Å². The summed E-state index contributed by atoms with van der Waals surface area (Å²) >= 11 is 0. The first-order valence-electron chi connectivity index (χ1n) is 5.40. The van der Waals surface area contributed by atoms with E-state index in [0.29, 0.717) is 6.54 Å². The molecule has 0 spiro atoms. The van der Waals surface area contributed by atoms with E-state index in [-0.39, 0.29) is 11.3 Å². The van der Waals surface area contributed by atoms with Crippen molar-refractivity contribution in [2.45, 2.75) is 43.4 Å². The van der Waals surface area contributed by atoms with E-state index in [2.05, 4.69) is 10.0 Å². The van der Waals surface area contributed by atoms with Crippen LogP contribution in [-0.2, 0) is 10.0 Å². The molecule has 0 bridgehead atoms. The summed E-state index contributed by atoms with van der Waals surface area (Å²) in [5.41, 5.74) is 0. The topological polar surface area (TPSA) is 58.2 Å². The first-order valence-corrected chi connectivity index (χ1v) is 6.95. The largest absolute Gasteiger partial charge is 0.315 e. The van der Waals surface area contributed by atoms with Crippen LogP contribution in [0, 0.1) is 0 Å². The number of hydrogen-bond donors (Lipinski definition) is 2. The number of piperidine rings is 1. The predicted molar refractivity (Wildman–Crippen MR) is 55.6 cm³/mol. The molecule has 1 heterocycles. The summed E-state index contributed by atoms with van der Waals surface area (Å²) < 4.78 is 26.5. The highest BCUT2D eigenvalue weighted by atomic mass is 32.2. The maximum atomic E-state index is 11.8. The standard InChI is InChI=1S/C9H18N2O2S/c12-14(13,11-8-3-1-4-8)9-5-2-6-10-7-9/h8-11H,1-7H2. The highest BCUT2D eigenvalue weighted by molar-refractivity contribution is 7.90. The molecule has 2 fully saturated rings. The minimum atomic E-state index is -3.06. The molecule has 2 rings (SSSR count). The normalized spacial score (nSPS) is 29.9. The van der Waals surface area contributed by atoms with E-state index in [9.17, 15) is 8.42 Å². The third kappa shape index (κ3) is 2.27. The van der Waals surface area contributed by atoms with Gasteiger partial charge in [0.15, 0.2) is 0 Å². The van der Waals surface area contributed by atoms with Gasteiger partial charge in [-0.05, 0) is 32.2 Å². The zero-order chi connectivity index (χ0) is 10.0. The van der Waals surface area contributed by atoms with Crippen molar-refractivity contribution in [2.24, 2.45) is 0 Å². The quantitative estimate of drug-likeness (QED) is 0.712. The van der Waals surface area contributed by atoms with Crippen molar-refractivity contribution in [1.29, 1.82) is 0 Å². The molecular weight excluding hydrogens is 200 g/mol. The van der Waals surface area contributed by atoms with E-state index in [0.717, 1.165) is 38.6 Å². The Morgan fingerprint density at radius 2 is 1.93 bits per heavy atom. The van der Waals surface area contributed by atoms with E-state index >= 15 is 0 Å². The molecule has 0 aromatic heterocycles. The van der Waals surface area contributed by atoms with Crippen LogP contribution >= 0.6 is 0 Å². The molecule has 0 aromatic rings. The lowest BCUT2D eigenvalue weighted by Crippen LogP contribution is -2.49. The van der Waals surface area contributed by atoms with E-state index < -0.39 is 10.0 Å². The van der Waals surface area contributed by atoms with Gasteiger partial charge in [-0.1, -0.05) is 6.42 Å². The SMILES string of the molecule is O=S(=O)(NC1CCC1)C1CCCNC1. The van der Waals surface area contributed by atoms with Crippen molar-refractivity contribution in [3.05, 3.63) is 0 Å². The molecule has 2 N–H and O–H groups in total. The highest BCUT2D eigenvalue weighted by Gasteiger charge is 2.31. The summed E-state index contributed by atoms with van der Waals surface area (Å²) in [5.74, 6) is 0. The minimum Gasteiger partial charge on any atom is -0.315 e. The molecule has 0 aromatic carbocycles. The fraction of sp³-hybridized carbons (Fsp3) is 1.00. The van der Waals surface area contributed by atoms with Crippen molar-refractivity contribution in [2.75, 3.05) is 13.1 Å². The third-order valence-electron chi connectivity index (χ3n) is 3.13. The van der Waals surface area contributed by atoms with Crippen LogP contribution in [0.3, 0.4) is 0 Å². The minimum absolute atomic E-state index is 0.211. The summed E-state index contributed by atoms with van der Waals surface area (Å²) in [5, 5.41) is 2.92. The van der Waals surface area contributed by atoms with Crippen LogP contribution in [0.4, 0.5) is 0 Å². The summed E-state index contributed by atoms with van der Waals surface area (Å²) in [6.45, 7) is 1.57. The van der Waals surface area contributed by atoms with Crippen LogP contribution in [-0.4, -0.2) is 32.8 Å². The van der Waals surface area contributed by atoms with Crippen molar-refractivity contribution in [1.82, 2.24) is 10.0 Å². The Kier molecular flexibility index (Phi) is 3.09. The molecule has 0 radical (unpaired) electrons. The summed E-state index contributed by atoms with van der Waals surface area (Å²) in [6, 6.07) is 0.224. The van der Waals surface area contributed by atoms with Gasteiger partial charge < -0.3 is 5.32 Å². The molecular formula is C9H18N2O2S. The van der Waals surface area contributed by atoms with Gasteiger partial charge in [0.05, 0.1) is 5.25 Å². The predicted octanol–water partition coefficient (Wildman–Crippen LogP) is 0.210. The number of nitrogens with one attached hydrogen (secondary N) is 2. The van der Waals surface area contributed by atoms with Gasteiger partial charge in [-0.15, -0.1) is 0 Å². The Bertz CT molecular complexity index is 279. The van der Waals surface area contributed by atoms with Gasteiger partial charge >= 0.3 is 0 Å². The van der Waals surface area contributed by atoms with Gasteiger partial charge in [-0.2, -0.15) is 0 Å². The molecule has 0 amide bonds. The zero-order valence-electron chi connectivity index (χ0n) is 8.33. The first-order chi connectivity index (χ1) is 6.68. The van der Waals surface area contributed by atoms with Crippen LogP contribution in [0.15, 0.2) is 0 Å². The average molecular weight is 218 g/mol. The van der Waals surface area contributed by atoms with E-state index in [1.54, 1.807) is 0 Å². The number of sulfonamides is 1. The smallest absolute Gasteiger partial charge is 0.215 e. The molecule has 1 saturated carbocycles. The molecule has 14 heavy (non-hydrogen) atoms. The van der Waals surface area contributed by atoms with Crippen LogP contribution in [0.2, 0.25) is 0 Å². The van der Waals surface area contributed by atoms with Gasteiger partial charge in [-0.25, -0.2) is 13.1 Å². The summed E-state index contributed by atoms with van der Waals surface area (Å²) in [4.78, 5) is 0. The fourth-order valence-corrected chi connectivity index (χ4v) is 3.65. The van der Waals surface area contributed by atoms with Crippen LogP contribution < -0.4 is 10.0 Å². The van der Waals surface area contributed by atoms with Crippen LogP contribution in [0.1, 0.15) is 32.1 Å². The molecule has 82 valence electrons. The molecule has 1 aliphatic carbocycles. The third-order valence-corrected chi connectivity index (χ3v) is 5.07. The first kappa shape index (κ1) is 10.4. The number of rotatable bonds is 3. The van der Waals surface area contributed by atoms with E-state index in [1.165, 1.54) is 0 Å². The highest BCUT2D eigenvalue weighted by Crippen LogP contribution is 2.21. The lowest BCUT2D eigenvalue weighted by molar-refractivity contribution is 0.378.